The summed E-state index contributed by atoms with van der Waals surface area (Å²) in [6.45, 7) is 12.0. The van der Waals surface area contributed by atoms with Gasteiger partial charge >= 0.3 is 0 Å². The van der Waals surface area contributed by atoms with Gasteiger partial charge in [0.2, 0.25) is 6.41 Å². The van der Waals surface area contributed by atoms with E-state index >= 15 is 0 Å². The van der Waals surface area contributed by atoms with E-state index in [1.54, 1.807) is 11.0 Å². The number of allylic oxidation sites excluding steroid dienone is 1. The van der Waals surface area contributed by atoms with Gasteiger partial charge in [0.1, 0.15) is 17.7 Å². The fraction of sp³-hybridized carbons (Fsp3) is 0.412. The molecule has 1 amide bonds. The fourth-order valence-corrected chi connectivity index (χ4v) is 6.40. The quantitative estimate of drug-likeness (QED) is 0.330. The van der Waals surface area contributed by atoms with Crippen molar-refractivity contribution in [2.45, 2.75) is 32.4 Å². The first-order valence-corrected chi connectivity index (χ1v) is 15.0. The second-order valence-electron chi connectivity index (χ2n) is 11.4. The number of anilines is 3. The van der Waals surface area contributed by atoms with Gasteiger partial charge in [0.05, 0.1) is 24.1 Å². The Labute approximate surface area is 254 Å². The molecule has 1 aromatic heterocycles. The molecule has 0 N–H and O–H groups in total. The molecule has 0 spiro atoms. The van der Waals surface area contributed by atoms with Crippen LogP contribution in [0.5, 0.6) is 0 Å². The van der Waals surface area contributed by atoms with E-state index in [2.05, 4.69) is 87.8 Å². The molecule has 9 nitrogen and oxygen atoms in total. The average Bonchev–Trinajstić information content (AvgIpc) is 3.04. The number of hydrogen-bond acceptors (Lipinski definition) is 8. The molecule has 3 aliphatic rings. The van der Waals surface area contributed by atoms with Gasteiger partial charge in [-0.25, -0.2) is 4.98 Å². The molecule has 2 fully saturated rings. The Hall–Kier alpha value is -4.60. The highest BCUT2D eigenvalue weighted by atomic mass is 16.1. The molecule has 3 aliphatic heterocycles. The predicted molar refractivity (Wildman–Crippen MR) is 172 cm³/mol. The van der Waals surface area contributed by atoms with Crippen molar-refractivity contribution >= 4 is 34.5 Å². The van der Waals surface area contributed by atoms with Gasteiger partial charge in [-0.15, -0.1) is 6.58 Å². The summed E-state index contributed by atoms with van der Waals surface area (Å²) in [7, 11) is 2.12. The summed E-state index contributed by atoms with van der Waals surface area (Å²) in [5, 5.41) is 22.4. The number of benzene rings is 2. The Morgan fingerprint density at radius 3 is 2.37 bits per heavy atom. The van der Waals surface area contributed by atoms with Crippen LogP contribution < -0.4 is 14.7 Å². The van der Waals surface area contributed by atoms with Crippen LogP contribution in [0.2, 0.25) is 0 Å². The van der Waals surface area contributed by atoms with E-state index in [0.717, 1.165) is 68.3 Å². The molecule has 0 saturated carbocycles. The van der Waals surface area contributed by atoms with Gasteiger partial charge in [-0.3, -0.25) is 4.79 Å². The first-order valence-electron chi connectivity index (χ1n) is 15.0. The van der Waals surface area contributed by atoms with Crippen LogP contribution in [-0.4, -0.2) is 86.6 Å². The van der Waals surface area contributed by atoms with E-state index in [1.165, 1.54) is 16.5 Å². The number of likely N-dealkylation sites (N-methyl/N-ethyl adjacent to an activating group) is 1. The normalized spacial score (nSPS) is 18.7. The maximum absolute atomic E-state index is 11.7. The number of aromatic nitrogens is 1. The fourth-order valence-electron chi connectivity index (χ4n) is 6.40. The summed E-state index contributed by atoms with van der Waals surface area (Å²) in [5.74, 6) is 1.67. The van der Waals surface area contributed by atoms with E-state index in [9.17, 15) is 15.3 Å². The van der Waals surface area contributed by atoms with E-state index in [0.29, 0.717) is 31.7 Å². The van der Waals surface area contributed by atoms with Crippen LogP contribution >= 0.6 is 0 Å². The van der Waals surface area contributed by atoms with Crippen LogP contribution in [0, 0.1) is 22.7 Å². The van der Waals surface area contributed by atoms with E-state index in [1.807, 2.05) is 6.92 Å². The van der Waals surface area contributed by atoms with Crippen LogP contribution in [0.25, 0.3) is 10.8 Å². The number of amides is 1. The Balaban J connectivity index is 0.00000118. The summed E-state index contributed by atoms with van der Waals surface area (Å²) in [4.78, 5) is 27.8. The van der Waals surface area contributed by atoms with Gasteiger partial charge in [0, 0.05) is 75.5 Å². The molecule has 0 aliphatic carbocycles. The van der Waals surface area contributed by atoms with E-state index in [-0.39, 0.29) is 12.5 Å². The van der Waals surface area contributed by atoms with Crippen molar-refractivity contribution in [2.75, 3.05) is 74.1 Å². The van der Waals surface area contributed by atoms with Crippen molar-refractivity contribution in [3.8, 4) is 12.1 Å². The number of nitriles is 2. The monoisotopic (exact) mass is 576 g/mol. The molecule has 1 atom stereocenters. The second kappa shape index (κ2) is 13.6. The molecule has 2 aromatic carbocycles. The Morgan fingerprint density at radius 2 is 1.65 bits per heavy atom. The predicted octanol–water partition coefficient (Wildman–Crippen LogP) is 4.17. The molecular weight excluding hydrogens is 536 g/mol. The average molecular weight is 577 g/mol. The summed E-state index contributed by atoms with van der Waals surface area (Å²) in [5.41, 5.74) is 4.03. The van der Waals surface area contributed by atoms with Crippen LogP contribution in [0.4, 0.5) is 17.3 Å². The van der Waals surface area contributed by atoms with Gasteiger partial charge in [-0.2, -0.15) is 10.5 Å². The minimum atomic E-state index is -0.174. The Kier molecular flexibility index (Phi) is 9.44. The number of pyridine rings is 1. The zero-order valence-electron chi connectivity index (χ0n) is 25.2. The molecule has 3 aromatic rings. The van der Waals surface area contributed by atoms with Crippen molar-refractivity contribution in [1.82, 2.24) is 14.8 Å². The number of piperazine rings is 2. The van der Waals surface area contributed by atoms with Gasteiger partial charge in [-0.1, -0.05) is 42.5 Å². The number of rotatable bonds is 5. The van der Waals surface area contributed by atoms with Crippen LogP contribution in [0.1, 0.15) is 30.0 Å². The minimum Gasteiger partial charge on any atom is -0.366 e. The third-order valence-corrected chi connectivity index (χ3v) is 8.66. The standard InChI is InChI=1S/C31H34N8O.C3H6/c1-35-13-15-36(16-14-35)31-27(19-33)28-21-37(29-8-4-6-23-5-2-3-7-25(23)29)12-10-26(28)30(34-31)38-17-18-39(22-40)24(20-38)9-11-32;1-3-2/h2-8,22,24H,9-10,12-18,20-21H2,1H3;3H,1H2,2H3. The number of nitrogens with zero attached hydrogens (tertiary/aromatic N) is 8. The zero-order chi connectivity index (χ0) is 30.3. The lowest BCUT2D eigenvalue weighted by Gasteiger charge is -2.42. The maximum Gasteiger partial charge on any atom is 0.210 e. The minimum absolute atomic E-state index is 0.174. The number of fused-ring (bicyclic) bond motifs is 2. The van der Waals surface area contributed by atoms with Gasteiger partial charge < -0.3 is 24.5 Å². The lowest BCUT2D eigenvalue weighted by atomic mass is 9.93. The second-order valence-corrected chi connectivity index (χ2v) is 11.4. The van der Waals surface area contributed by atoms with Crippen molar-refractivity contribution in [3.63, 3.8) is 0 Å². The summed E-state index contributed by atoms with van der Waals surface area (Å²) in [6, 6.07) is 19.5. The first-order chi connectivity index (χ1) is 21.0. The van der Waals surface area contributed by atoms with Crippen molar-refractivity contribution in [3.05, 3.63) is 71.8 Å². The molecular formula is C34H40N8O. The first kappa shape index (κ1) is 29.9. The van der Waals surface area contributed by atoms with Crippen molar-refractivity contribution in [2.24, 2.45) is 0 Å². The molecule has 0 radical (unpaired) electrons. The van der Waals surface area contributed by atoms with Gasteiger partial charge in [-0.05, 0) is 37.4 Å². The molecule has 9 heteroatoms. The molecule has 222 valence electrons. The highest BCUT2D eigenvalue weighted by Gasteiger charge is 2.34. The van der Waals surface area contributed by atoms with E-state index < -0.39 is 0 Å². The van der Waals surface area contributed by atoms with Crippen molar-refractivity contribution in [1.29, 1.82) is 10.5 Å². The lowest BCUT2D eigenvalue weighted by molar-refractivity contribution is -0.120. The van der Waals surface area contributed by atoms with Crippen LogP contribution in [-0.2, 0) is 17.8 Å². The zero-order valence-corrected chi connectivity index (χ0v) is 25.2. The van der Waals surface area contributed by atoms with Gasteiger partial charge in [0.25, 0.3) is 0 Å². The molecule has 4 heterocycles. The molecule has 43 heavy (non-hydrogen) atoms. The van der Waals surface area contributed by atoms with E-state index in [4.69, 9.17) is 4.98 Å². The maximum atomic E-state index is 11.7. The summed E-state index contributed by atoms with van der Waals surface area (Å²) >= 11 is 0. The third-order valence-electron chi connectivity index (χ3n) is 8.66. The number of carbonyl (C=O) groups excluding carboxylic acids is 1. The highest BCUT2D eigenvalue weighted by molar-refractivity contribution is 5.94. The van der Waals surface area contributed by atoms with Crippen molar-refractivity contribution < 1.29 is 4.79 Å². The summed E-state index contributed by atoms with van der Waals surface area (Å²) < 4.78 is 0. The molecule has 1 unspecified atom stereocenters. The van der Waals surface area contributed by atoms with Crippen LogP contribution in [0.15, 0.2) is 55.1 Å². The van der Waals surface area contributed by atoms with Crippen LogP contribution in [0.3, 0.4) is 0 Å². The topological polar surface area (TPSA) is 93.7 Å². The highest BCUT2D eigenvalue weighted by Crippen LogP contribution is 2.39. The van der Waals surface area contributed by atoms with Gasteiger partial charge in [0.15, 0.2) is 0 Å². The molecule has 2 saturated heterocycles. The lowest BCUT2D eigenvalue weighted by Crippen LogP contribution is -2.53. The smallest absolute Gasteiger partial charge is 0.210 e. The Morgan fingerprint density at radius 1 is 0.930 bits per heavy atom. The largest absolute Gasteiger partial charge is 0.366 e. The summed E-state index contributed by atoms with van der Waals surface area (Å²) in [6.07, 6.45) is 3.67. The third kappa shape index (κ3) is 6.14. The number of carbonyl (C=O) groups is 1. The Bertz CT molecular complexity index is 1540. The molecule has 6 rings (SSSR count). The molecule has 0 bridgehead atoms. The number of hydrogen-bond donors (Lipinski definition) is 0. The SMILES string of the molecule is C=CC.CN1CCN(c2nc(N3CCN(C=O)C(CC#N)C3)c3c(c2C#N)CN(c2cccc4ccccc24)CC3)CC1.